The van der Waals surface area contributed by atoms with Crippen LogP contribution in [0.5, 0.6) is 0 Å². The molecule has 2 rings (SSSR count). The summed E-state index contributed by atoms with van der Waals surface area (Å²) in [7, 11) is 1.59. The van der Waals surface area contributed by atoms with Gasteiger partial charge in [-0.1, -0.05) is 0 Å². The van der Waals surface area contributed by atoms with Crippen molar-refractivity contribution in [3.8, 4) is 0 Å². The van der Waals surface area contributed by atoms with Crippen LogP contribution < -0.4 is 4.90 Å². The summed E-state index contributed by atoms with van der Waals surface area (Å²) in [4.78, 5) is 22.0. The van der Waals surface area contributed by atoms with E-state index in [1.165, 1.54) is 0 Å². The number of aliphatic carboxylic acids is 1. The van der Waals surface area contributed by atoms with Crippen LogP contribution in [0.15, 0.2) is 18.5 Å². The Bertz CT molecular complexity index is 426. The van der Waals surface area contributed by atoms with Gasteiger partial charge in [-0.15, -0.1) is 0 Å². The second-order valence-electron chi connectivity index (χ2n) is 4.90. The van der Waals surface area contributed by atoms with Crippen LogP contribution >= 0.6 is 0 Å². The van der Waals surface area contributed by atoms with Crippen molar-refractivity contribution in [2.75, 3.05) is 31.7 Å². The first kappa shape index (κ1) is 13.7. The average Bonchev–Trinajstić information content (AvgIpc) is 2.46. The molecule has 1 atom stereocenters. The van der Waals surface area contributed by atoms with E-state index >= 15 is 0 Å². The number of hydrogen-bond donors (Lipinski definition) is 1. The SMILES string of the molecule is COCCC1(C(=O)O)CCCN(c2ncccn2)C1. The highest BCUT2D eigenvalue weighted by atomic mass is 16.5. The fraction of sp³-hybridized carbons (Fsp3) is 0.615. The fourth-order valence-corrected chi connectivity index (χ4v) is 2.54. The molecule has 1 unspecified atom stereocenters. The summed E-state index contributed by atoms with van der Waals surface area (Å²) in [6.45, 7) is 1.69. The molecule has 1 aromatic rings. The molecule has 6 nitrogen and oxygen atoms in total. The molecule has 0 spiro atoms. The molecule has 0 saturated carbocycles. The maximum Gasteiger partial charge on any atom is 0.311 e. The summed E-state index contributed by atoms with van der Waals surface area (Å²) in [5.41, 5.74) is -0.756. The Morgan fingerprint density at radius 3 is 2.89 bits per heavy atom. The second kappa shape index (κ2) is 5.97. The lowest BCUT2D eigenvalue weighted by Gasteiger charge is -2.39. The van der Waals surface area contributed by atoms with Gasteiger partial charge in [-0.25, -0.2) is 9.97 Å². The third kappa shape index (κ3) is 3.01. The highest BCUT2D eigenvalue weighted by Gasteiger charge is 2.42. The zero-order chi connectivity index (χ0) is 13.7. The number of anilines is 1. The standard InChI is InChI=1S/C13H19N3O3/c1-19-9-5-13(11(17)18)4-2-8-16(10-13)12-14-6-3-7-15-12/h3,6-7H,2,4-5,8-10H2,1H3,(H,17,18). The normalized spacial score (nSPS) is 23.3. The van der Waals surface area contributed by atoms with Crippen LogP contribution in [-0.2, 0) is 9.53 Å². The van der Waals surface area contributed by atoms with Gasteiger partial charge in [0, 0.05) is 39.2 Å². The summed E-state index contributed by atoms with van der Waals surface area (Å²) in [6, 6.07) is 1.75. The molecule has 1 aliphatic heterocycles. The fourth-order valence-electron chi connectivity index (χ4n) is 2.54. The van der Waals surface area contributed by atoms with Crippen LogP contribution in [0.3, 0.4) is 0 Å². The summed E-state index contributed by atoms with van der Waals surface area (Å²) < 4.78 is 5.05. The predicted octanol–water partition coefficient (Wildman–Crippen LogP) is 1.18. The molecule has 0 aromatic carbocycles. The molecule has 104 valence electrons. The number of aromatic nitrogens is 2. The van der Waals surface area contributed by atoms with Gasteiger partial charge in [-0.05, 0) is 25.3 Å². The Morgan fingerprint density at radius 2 is 2.26 bits per heavy atom. The number of carbonyl (C=O) groups is 1. The molecule has 1 aliphatic rings. The zero-order valence-corrected chi connectivity index (χ0v) is 11.1. The van der Waals surface area contributed by atoms with E-state index in [-0.39, 0.29) is 0 Å². The van der Waals surface area contributed by atoms with Crippen LogP contribution in [0.1, 0.15) is 19.3 Å². The van der Waals surface area contributed by atoms with Crippen molar-refractivity contribution in [3.63, 3.8) is 0 Å². The Labute approximate surface area is 112 Å². The van der Waals surface area contributed by atoms with Crippen LogP contribution in [-0.4, -0.2) is 47.8 Å². The molecule has 1 aromatic heterocycles. The first-order chi connectivity index (χ1) is 9.18. The monoisotopic (exact) mass is 265 g/mol. The quantitative estimate of drug-likeness (QED) is 0.861. The largest absolute Gasteiger partial charge is 0.481 e. The van der Waals surface area contributed by atoms with Crippen molar-refractivity contribution >= 4 is 11.9 Å². The zero-order valence-electron chi connectivity index (χ0n) is 11.1. The molecule has 19 heavy (non-hydrogen) atoms. The van der Waals surface area contributed by atoms with Gasteiger partial charge in [0.2, 0.25) is 5.95 Å². The maximum atomic E-state index is 11.6. The van der Waals surface area contributed by atoms with Gasteiger partial charge in [-0.3, -0.25) is 4.79 Å². The topological polar surface area (TPSA) is 75.6 Å². The number of rotatable bonds is 5. The first-order valence-electron chi connectivity index (χ1n) is 6.42. The van der Waals surface area contributed by atoms with Crippen molar-refractivity contribution in [1.82, 2.24) is 9.97 Å². The van der Waals surface area contributed by atoms with Crippen molar-refractivity contribution in [3.05, 3.63) is 18.5 Å². The second-order valence-corrected chi connectivity index (χ2v) is 4.90. The molecule has 1 N–H and O–H groups in total. The summed E-state index contributed by atoms with van der Waals surface area (Å²) in [5, 5.41) is 9.56. The lowest BCUT2D eigenvalue weighted by Crippen LogP contribution is -2.49. The Morgan fingerprint density at radius 1 is 1.53 bits per heavy atom. The van der Waals surface area contributed by atoms with Gasteiger partial charge in [-0.2, -0.15) is 0 Å². The molecular weight excluding hydrogens is 246 g/mol. The van der Waals surface area contributed by atoms with E-state index in [4.69, 9.17) is 4.74 Å². The van der Waals surface area contributed by atoms with Gasteiger partial charge < -0.3 is 14.7 Å². The third-order valence-electron chi connectivity index (χ3n) is 3.65. The van der Waals surface area contributed by atoms with Crippen molar-refractivity contribution < 1.29 is 14.6 Å². The molecule has 0 radical (unpaired) electrons. The Kier molecular flexibility index (Phi) is 4.31. The number of carboxylic acid groups (broad SMARTS) is 1. The summed E-state index contributed by atoms with van der Waals surface area (Å²) in [5.74, 6) is -0.157. The number of ether oxygens (including phenoxy) is 1. The lowest BCUT2D eigenvalue weighted by atomic mass is 9.77. The maximum absolute atomic E-state index is 11.6. The first-order valence-corrected chi connectivity index (χ1v) is 6.42. The highest BCUT2D eigenvalue weighted by Crippen LogP contribution is 2.35. The van der Waals surface area contributed by atoms with Crippen LogP contribution in [0, 0.1) is 5.41 Å². The smallest absolute Gasteiger partial charge is 0.311 e. The summed E-state index contributed by atoms with van der Waals surface area (Å²) in [6.07, 6.45) is 5.37. The number of nitrogens with zero attached hydrogens (tertiary/aromatic N) is 3. The molecule has 0 bridgehead atoms. The number of hydrogen-bond acceptors (Lipinski definition) is 5. The minimum absolute atomic E-state index is 0.440. The Balaban J connectivity index is 2.15. The molecule has 1 saturated heterocycles. The third-order valence-corrected chi connectivity index (χ3v) is 3.65. The minimum Gasteiger partial charge on any atom is -0.481 e. The van der Waals surface area contributed by atoms with E-state index < -0.39 is 11.4 Å². The van der Waals surface area contributed by atoms with Gasteiger partial charge in [0.05, 0.1) is 5.41 Å². The molecule has 2 heterocycles. The van der Waals surface area contributed by atoms with Gasteiger partial charge in [0.1, 0.15) is 0 Å². The van der Waals surface area contributed by atoms with Gasteiger partial charge >= 0.3 is 5.97 Å². The van der Waals surface area contributed by atoms with Crippen LogP contribution in [0.4, 0.5) is 5.95 Å². The van der Waals surface area contributed by atoms with Crippen molar-refractivity contribution in [1.29, 1.82) is 0 Å². The van der Waals surface area contributed by atoms with E-state index in [0.29, 0.717) is 31.9 Å². The summed E-state index contributed by atoms with van der Waals surface area (Å²) >= 11 is 0. The molecule has 1 fully saturated rings. The van der Waals surface area contributed by atoms with Crippen molar-refractivity contribution in [2.24, 2.45) is 5.41 Å². The van der Waals surface area contributed by atoms with E-state index in [9.17, 15) is 9.90 Å². The molecular formula is C13H19N3O3. The van der Waals surface area contributed by atoms with E-state index in [1.807, 2.05) is 4.90 Å². The van der Waals surface area contributed by atoms with Gasteiger partial charge in [0.15, 0.2) is 0 Å². The highest BCUT2D eigenvalue weighted by molar-refractivity contribution is 5.75. The number of methoxy groups -OCH3 is 1. The average molecular weight is 265 g/mol. The van der Waals surface area contributed by atoms with Gasteiger partial charge in [0.25, 0.3) is 0 Å². The Hall–Kier alpha value is -1.69. The minimum atomic E-state index is -0.759. The van der Waals surface area contributed by atoms with Crippen LogP contribution in [0.2, 0.25) is 0 Å². The van der Waals surface area contributed by atoms with E-state index in [0.717, 1.165) is 13.0 Å². The predicted molar refractivity (Wildman–Crippen MR) is 70.0 cm³/mol. The molecule has 0 amide bonds. The number of piperidine rings is 1. The lowest BCUT2D eigenvalue weighted by molar-refractivity contribution is -0.150. The van der Waals surface area contributed by atoms with Crippen LogP contribution in [0.25, 0.3) is 0 Å². The molecule has 0 aliphatic carbocycles. The molecule has 6 heteroatoms. The number of carboxylic acids is 1. The van der Waals surface area contributed by atoms with Crippen molar-refractivity contribution in [2.45, 2.75) is 19.3 Å². The van der Waals surface area contributed by atoms with E-state index in [1.54, 1.807) is 25.6 Å². The van der Waals surface area contributed by atoms with E-state index in [2.05, 4.69) is 9.97 Å².